The molecule has 4 aromatic rings. The molecular formula is C24H19N3O4S. The lowest BCUT2D eigenvalue weighted by Gasteiger charge is -2.13. The minimum absolute atomic E-state index is 0.177. The summed E-state index contributed by atoms with van der Waals surface area (Å²) in [4.78, 5) is 17.7. The second-order valence-electron chi connectivity index (χ2n) is 6.76. The van der Waals surface area contributed by atoms with E-state index in [1.165, 1.54) is 0 Å². The molecule has 8 heteroatoms. The zero-order valence-corrected chi connectivity index (χ0v) is 17.9. The van der Waals surface area contributed by atoms with Crippen LogP contribution in [-0.4, -0.2) is 28.8 Å². The minimum atomic E-state index is -3.67. The molecule has 160 valence electrons. The molecule has 0 aliphatic carbocycles. The average Bonchev–Trinajstić information content (AvgIpc) is 2.79. The Hall–Kier alpha value is -4.06. The van der Waals surface area contributed by atoms with E-state index in [0.717, 1.165) is 16.9 Å². The van der Waals surface area contributed by atoms with Crippen LogP contribution in [0.5, 0.6) is 0 Å². The van der Waals surface area contributed by atoms with Crippen molar-refractivity contribution >= 4 is 10.1 Å². The highest BCUT2D eigenvalue weighted by atomic mass is 32.2. The molecule has 0 unspecified atom stereocenters. The van der Waals surface area contributed by atoms with Gasteiger partial charge in [0.2, 0.25) is 0 Å². The van der Waals surface area contributed by atoms with Crippen molar-refractivity contribution in [1.82, 2.24) is 9.55 Å². The van der Waals surface area contributed by atoms with Crippen LogP contribution < -0.4 is 5.56 Å². The zero-order chi connectivity index (χ0) is 23.1. The quantitative estimate of drug-likeness (QED) is 0.478. The molecule has 0 aliphatic rings. The summed E-state index contributed by atoms with van der Waals surface area (Å²) >= 11 is 0. The van der Waals surface area contributed by atoms with Gasteiger partial charge in [0.05, 0.1) is 23.6 Å². The van der Waals surface area contributed by atoms with Crippen molar-refractivity contribution in [1.29, 1.82) is 5.26 Å². The number of hydrogen-bond donors (Lipinski definition) is 1. The normalized spacial score (nSPS) is 10.5. The number of nitriles is 1. The summed E-state index contributed by atoms with van der Waals surface area (Å²) in [5.41, 5.74) is 3.71. The van der Waals surface area contributed by atoms with E-state index in [1.54, 1.807) is 41.2 Å². The standard InChI is InChI=1S/C23H15N3O.CH4O3S/c24-15-17-8-4-5-11-20(17)21-14-18(22-12-6-7-13-25-22)16-26(23(21)27)19-9-2-1-3-10-19;1-5(2,3)4/h1-14,16H;1H3,(H,2,3,4). The van der Waals surface area contributed by atoms with Crippen molar-refractivity contribution in [2.24, 2.45) is 0 Å². The first-order chi connectivity index (χ1) is 15.3. The van der Waals surface area contributed by atoms with Crippen molar-refractivity contribution in [3.05, 3.63) is 107 Å². The van der Waals surface area contributed by atoms with E-state index < -0.39 is 10.1 Å². The molecule has 0 aliphatic heterocycles. The largest absolute Gasteiger partial charge is 0.286 e. The van der Waals surface area contributed by atoms with E-state index in [0.29, 0.717) is 22.9 Å². The summed E-state index contributed by atoms with van der Waals surface area (Å²) in [6.07, 6.45) is 4.22. The molecule has 32 heavy (non-hydrogen) atoms. The van der Waals surface area contributed by atoms with Gasteiger partial charge in [0, 0.05) is 34.8 Å². The van der Waals surface area contributed by atoms with Crippen LogP contribution in [0.3, 0.4) is 0 Å². The van der Waals surface area contributed by atoms with Gasteiger partial charge in [-0.2, -0.15) is 13.7 Å². The Morgan fingerprint density at radius 3 is 2.19 bits per heavy atom. The molecule has 0 atom stereocenters. The molecule has 0 saturated heterocycles. The van der Waals surface area contributed by atoms with Gasteiger partial charge in [-0.1, -0.05) is 42.5 Å². The molecular weight excluding hydrogens is 426 g/mol. The Balaban J connectivity index is 0.000000523. The van der Waals surface area contributed by atoms with Crippen LogP contribution in [-0.2, 0) is 10.1 Å². The highest BCUT2D eigenvalue weighted by Gasteiger charge is 2.14. The average molecular weight is 446 g/mol. The Labute approximate surface area is 185 Å². The first-order valence-corrected chi connectivity index (χ1v) is 11.3. The SMILES string of the molecule is CS(=O)(=O)O.N#Cc1ccccc1-c1cc(-c2ccccn2)cn(-c2ccccc2)c1=O. The highest BCUT2D eigenvalue weighted by Crippen LogP contribution is 2.26. The molecule has 2 aromatic carbocycles. The van der Waals surface area contributed by atoms with Crippen LogP contribution in [0.15, 0.2) is 96.1 Å². The van der Waals surface area contributed by atoms with E-state index in [4.69, 9.17) is 4.55 Å². The monoisotopic (exact) mass is 445 g/mol. The highest BCUT2D eigenvalue weighted by molar-refractivity contribution is 7.85. The van der Waals surface area contributed by atoms with E-state index in [2.05, 4.69) is 11.1 Å². The second-order valence-corrected chi connectivity index (χ2v) is 8.22. The minimum Gasteiger partial charge on any atom is -0.286 e. The third kappa shape index (κ3) is 5.76. The zero-order valence-electron chi connectivity index (χ0n) is 17.1. The number of nitrogens with zero attached hydrogens (tertiary/aromatic N) is 3. The van der Waals surface area contributed by atoms with Gasteiger partial charge < -0.3 is 0 Å². The molecule has 0 radical (unpaired) electrons. The molecule has 0 fully saturated rings. The molecule has 0 saturated carbocycles. The van der Waals surface area contributed by atoms with Gasteiger partial charge in [-0.15, -0.1) is 0 Å². The molecule has 2 aromatic heterocycles. The summed E-state index contributed by atoms with van der Waals surface area (Å²) in [6, 6.07) is 26.2. The summed E-state index contributed by atoms with van der Waals surface area (Å²) in [5, 5.41) is 9.47. The molecule has 4 rings (SSSR count). The molecule has 1 N–H and O–H groups in total. The Kier molecular flexibility index (Phi) is 6.95. The first-order valence-electron chi connectivity index (χ1n) is 9.43. The van der Waals surface area contributed by atoms with Gasteiger partial charge in [0.15, 0.2) is 0 Å². The molecule has 0 amide bonds. The number of rotatable bonds is 3. The fourth-order valence-corrected chi connectivity index (χ4v) is 3.04. The maximum Gasteiger partial charge on any atom is 0.263 e. The van der Waals surface area contributed by atoms with Crippen LogP contribution in [0.1, 0.15) is 5.56 Å². The van der Waals surface area contributed by atoms with Crippen LogP contribution >= 0.6 is 0 Å². The van der Waals surface area contributed by atoms with E-state index in [-0.39, 0.29) is 5.56 Å². The lowest BCUT2D eigenvalue weighted by molar-refractivity contribution is 0.490. The van der Waals surface area contributed by atoms with Gasteiger partial charge in [-0.3, -0.25) is 18.9 Å². The lowest BCUT2D eigenvalue weighted by Crippen LogP contribution is -2.20. The fourth-order valence-electron chi connectivity index (χ4n) is 3.04. The molecule has 0 bridgehead atoms. The lowest BCUT2D eigenvalue weighted by atomic mass is 9.99. The summed E-state index contributed by atoms with van der Waals surface area (Å²) in [6.45, 7) is 0. The maximum absolute atomic E-state index is 13.3. The number of pyridine rings is 2. The van der Waals surface area contributed by atoms with E-state index in [9.17, 15) is 18.5 Å². The topological polar surface area (TPSA) is 113 Å². The summed E-state index contributed by atoms with van der Waals surface area (Å²) < 4.78 is 27.5. The van der Waals surface area contributed by atoms with E-state index >= 15 is 0 Å². The molecule has 0 spiro atoms. The van der Waals surface area contributed by atoms with Crippen LogP contribution in [0.2, 0.25) is 0 Å². The van der Waals surface area contributed by atoms with Crippen molar-refractivity contribution < 1.29 is 13.0 Å². The summed E-state index contributed by atoms with van der Waals surface area (Å²) in [5.74, 6) is 0. The third-order valence-corrected chi connectivity index (χ3v) is 4.35. The van der Waals surface area contributed by atoms with Gasteiger partial charge >= 0.3 is 0 Å². The Morgan fingerprint density at radius 2 is 1.56 bits per heavy atom. The van der Waals surface area contributed by atoms with Crippen LogP contribution in [0, 0.1) is 11.3 Å². The Bertz CT molecular complexity index is 1420. The second kappa shape index (κ2) is 9.83. The smallest absolute Gasteiger partial charge is 0.263 e. The van der Waals surface area contributed by atoms with Gasteiger partial charge in [-0.05, 0) is 36.4 Å². The number of benzene rings is 2. The van der Waals surface area contributed by atoms with Crippen molar-refractivity contribution in [3.63, 3.8) is 0 Å². The maximum atomic E-state index is 13.3. The fraction of sp³-hybridized carbons (Fsp3) is 0.0417. The van der Waals surface area contributed by atoms with Crippen LogP contribution in [0.25, 0.3) is 28.1 Å². The predicted molar refractivity (Wildman–Crippen MR) is 123 cm³/mol. The predicted octanol–water partition coefficient (Wildman–Crippen LogP) is 3.94. The van der Waals surface area contributed by atoms with Crippen molar-refractivity contribution in [2.45, 2.75) is 0 Å². The Morgan fingerprint density at radius 1 is 0.938 bits per heavy atom. The van der Waals surface area contributed by atoms with Crippen LogP contribution in [0.4, 0.5) is 0 Å². The summed E-state index contributed by atoms with van der Waals surface area (Å²) in [7, 11) is -3.67. The van der Waals surface area contributed by atoms with E-state index in [1.807, 2.05) is 54.6 Å². The van der Waals surface area contributed by atoms with Crippen molar-refractivity contribution in [3.8, 4) is 34.1 Å². The number of hydrogen-bond acceptors (Lipinski definition) is 5. The third-order valence-electron chi connectivity index (χ3n) is 4.35. The molecule has 2 heterocycles. The molecule has 7 nitrogen and oxygen atoms in total. The number of aromatic nitrogens is 2. The van der Waals surface area contributed by atoms with Crippen molar-refractivity contribution in [2.75, 3.05) is 6.26 Å². The van der Waals surface area contributed by atoms with Gasteiger partial charge in [0.1, 0.15) is 0 Å². The van der Waals surface area contributed by atoms with Gasteiger partial charge in [-0.25, -0.2) is 0 Å². The van der Waals surface area contributed by atoms with Gasteiger partial charge in [0.25, 0.3) is 15.7 Å². The number of para-hydroxylation sites is 1. The first kappa shape index (κ1) is 22.6.